The number of hydrogen-bond acceptors (Lipinski definition) is 2. The number of H-pyrrole nitrogens is 1. The Hall–Kier alpha value is -2.88. The molecule has 1 heterocycles. The van der Waals surface area contributed by atoms with Gasteiger partial charge in [0.15, 0.2) is 0 Å². The third kappa shape index (κ3) is 3.95. The predicted molar refractivity (Wildman–Crippen MR) is 111 cm³/mol. The number of nitrogens with one attached hydrogen (secondary N) is 1. The molecule has 0 saturated heterocycles. The standard InChI is InChI=1S/C23H26N2O2/c1-14(2)23(27)25(20-8-7-16(4)17(5)11-20)13-19-12-18-10-15(3)6-9-21(18)24-22(19)26/h6-12,14H,13H2,1-5H3,(H,24,26). The van der Waals surface area contributed by atoms with Gasteiger partial charge in [-0.3, -0.25) is 9.59 Å². The van der Waals surface area contributed by atoms with E-state index in [-0.39, 0.29) is 23.9 Å². The topological polar surface area (TPSA) is 53.2 Å². The van der Waals surface area contributed by atoms with Crippen LogP contribution in [0.15, 0.2) is 47.3 Å². The van der Waals surface area contributed by atoms with Gasteiger partial charge in [0.2, 0.25) is 5.91 Å². The maximum atomic E-state index is 12.9. The van der Waals surface area contributed by atoms with Gasteiger partial charge in [0, 0.05) is 22.7 Å². The van der Waals surface area contributed by atoms with E-state index < -0.39 is 0 Å². The molecular weight excluding hydrogens is 336 g/mol. The quantitative estimate of drug-likeness (QED) is 0.735. The van der Waals surface area contributed by atoms with Crippen LogP contribution in [0.2, 0.25) is 0 Å². The number of carbonyl (C=O) groups excluding carboxylic acids is 1. The van der Waals surface area contributed by atoms with Crippen molar-refractivity contribution in [1.82, 2.24) is 4.98 Å². The molecule has 0 radical (unpaired) electrons. The number of rotatable bonds is 4. The van der Waals surface area contributed by atoms with Crippen molar-refractivity contribution in [2.24, 2.45) is 5.92 Å². The largest absolute Gasteiger partial charge is 0.322 e. The summed E-state index contributed by atoms with van der Waals surface area (Å²) in [5, 5.41) is 0.974. The molecule has 0 aliphatic heterocycles. The second-order valence-electron chi connectivity index (χ2n) is 7.56. The van der Waals surface area contributed by atoms with Gasteiger partial charge < -0.3 is 9.88 Å². The maximum absolute atomic E-state index is 12.9. The zero-order chi connectivity index (χ0) is 19.7. The van der Waals surface area contributed by atoms with Gasteiger partial charge in [0.1, 0.15) is 0 Å². The number of aromatic amines is 1. The van der Waals surface area contributed by atoms with Gasteiger partial charge in [-0.25, -0.2) is 0 Å². The van der Waals surface area contributed by atoms with Crippen molar-refractivity contribution in [3.8, 4) is 0 Å². The fraction of sp³-hybridized carbons (Fsp3) is 0.304. The first kappa shape index (κ1) is 18.9. The van der Waals surface area contributed by atoms with Gasteiger partial charge in [-0.1, -0.05) is 31.5 Å². The zero-order valence-corrected chi connectivity index (χ0v) is 16.6. The van der Waals surface area contributed by atoms with Crippen LogP contribution in [-0.4, -0.2) is 10.9 Å². The summed E-state index contributed by atoms with van der Waals surface area (Å²) in [6, 6.07) is 13.8. The highest BCUT2D eigenvalue weighted by molar-refractivity contribution is 5.94. The van der Waals surface area contributed by atoms with E-state index in [1.54, 1.807) is 4.90 Å². The Balaban J connectivity index is 2.07. The lowest BCUT2D eigenvalue weighted by molar-refractivity contribution is -0.121. The first-order chi connectivity index (χ1) is 12.8. The number of hydrogen-bond donors (Lipinski definition) is 1. The van der Waals surface area contributed by atoms with E-state index in [1.807, 2.05) is 77.1 Å². The highest BCUT2D eigenvalue weighted by atomic mass is 16.2. The average Bonchev–Trinajstić information content (AvgIpc) is 2.62. The van der Waals surface area contributed by atoms with Gasteiger partial charge in [-0.2, -0.15) is 0 Å². The fourth-order valence-corrected chi connectivity index (χ4v) is 3.16. The molecule has 140 valence electrons. The molecule has 0 fully saturated rings. The van der Waals surface area contributed by atoms with Crippen LogP contribution >= 0.6 is 0 Å². The van der Waals surface area contributed by atoms with Gasteiger partial charge in [-0.15, -0.1) is 0 Å². The van der Waals surface area contributed by atoms with E-state index in [1.165, 1.54) is 5.56 Å². The molecule has 1 aromatic heterocycles. The number of fused-ring (bicyclic) bond motifs is 1. The zero-order valence-electron chi connectivity index (χ0n) is 16.6. The minimum atomic E-state index is -0.159. The molecule has 1 N–H and O–H groups in total. The summed E-state index contributed by atoms with van der Waals surface area (Å²) < 4.78 is 0. The van der Waals surface area contributed by atoms with Gasteiger partial charge in [0.05, 0.1) is 6.54 Å². The average molecular weight is 362 g/mol. The minimum Gasteiger partial charge on any atom is -0.322 e. The van der Waals surface area contributed by atoms with E-state index in [2.05, 4.69) is 4.98 Å². The van der Waals surface area contributed by atoms with Crippen LogP contribution in [0.25, 0.3) is 10.9 Å². The third-order valence-corrected chi connectivity index (χ3v) is 4.97. The summed E-state index contributed by atoms with van der Waals surface area (Å²) in [5.74, 6) is -0.157. The number of pyridine rings is 1. The molecule has 4 nitrogen and oxygen atoms in total. The van der Waals surface area contributed by atoms with E-state index in [0.717, 1.165) is 27.7 Å². The highest BCUT2D eigenvalue weighted by Crippen LogP contribution is 2.23. The number of aromatic nitrogens is 1. The van der Waals surface area contributed by atoms with Crippen LogP contribution in [0.1, 0.15) is 36.1 Å². The Morgan fingerprint density at radius 2 is 1.74 bits per heavy atom. The Morgan fingerprint density at radius 3 is 2.41 bits per heavy atom. The molecule has 0 aliphatic carbocycles. The molecule has 0 saturated carbocycles. The predicted octanol–water partition coefficient (Wildman–Crippen LogP) is 4.64. The summed E-state index contributed by atoms with van der Waals surface area (Å²) in [6.07, 6.45) is 0. The van der Waals surface area contributed by atoms with Gasteiger partial charge >= 0.3 is 0 Å². The molecule has 2 aromatic carbocycles. The third-order valence-electron chi connectivity index (χ3n) is 4.97. The molecule has 0 atom stereocenters. The SMILES string of the molecule is Cc1ccc2[nH]c(=O)c(CN(C(=O)C(C)C)c3ccc(C)c(C)c3)cc2c1. The molecular formula is C23H26N2O2. The summed E-state index contributed by atoms with van der Waals surface area (Å²) >= 11 is 0. The second-order valence-corrected chi connectivity index (χ2v) is 7.56. The second kappa shape index (κ2) is 7.39. The molecule has 27 heavy (non-hydrogen) atoms. The van der Waals surface area contributed by atoms with Crippen LogP contribution in [-0.2, 0) is 11.3 Å². The highest BCUT2D eigenvalue weighted by Gasteiger charge is 2.21. The Labute approximate surface area is 159 Å². The number of nitrogens with zero attached hydrogens (tertiary/aromatic N) is 1. The van der Waals surface area contributed by atoms with E-state index in [0.29, 0.717) is 5.56 Å². The number of carbonyl (C=O) groups is 1. The lowest BCUT2D eigenvalue weighted by Crippen LogP contribution is -2.35. The number of anilines is 1. The summed E-state index contributed by atoms with van der Waals surface area (Å²) in [5.41, 5.74) is 5.48. The van der Waals surface area contributed by atoms with Crippen LogP contribution in [0.4, 0.5) is 5.69 Å². The van der Waals surface area contributed by atoms with E-state index in [9.17, 15) is 9.59 Å². The van der Waals surface area contributed by atoms with Crippen molar-refractivity contribution in [1.29, 1.82) is 0 Å². The fourth-order valence-electron chi connectivity index (χ4n) is 3.16. The number of aryl methyl sites for hydroxylation is 3. The van der Waals surface area contributed by atoms with Crippen LogP contribution in [0.3, 0.4) is 0 Å². The Kier molecular flexibility index (Phi) is 5.17. The smallest absolute Gasteiger partial charge is 0.253 e. The molecule has 0 aliphatic rings. The maximum Gasteiger partial charge on any atom is 0.253 e. The minimum absolute atomic E-state index is 0.00184. The first-order valence-corrected chi connectivity index (χ1v) is 9.27. The number of amides is 1. The van der Waals surface area contributed by atoms with Gasteiger partial charge in [0.25, 0.3) is 5.56 Å². The van der Waals surface area contributed by atoms with Crippen molar-refractivity contribution in [2.75, 3.05) is 4.90 Å². The summed E-state index contributed by atoms with van der Waals surface area (Å²) in [6.45, 7) is 10.1. The van der Waals surface area contributed by atoms with Gasteiger partial charge in [-0.05, 0) is 67.6 Å². The van der Waals surface area contributed by atoms with Crippen LogP contribution in [0.5, 0.6) is 0 Å². The molecule has 0 bridgehead atoms. The van der Waals surface area contributed by atoms with Crippen molar-refractivity contribution in [2.45, 2.75) is 41.2 Å². The monoisotopic (exact) mass is 362 g/mol. The normalized spacial score (nSPS) is 11.2. The molecule has 3 rings (SSSR count). The lowest BCUT2D eigenvalue weighted by atomic mass is 10.1. The summed E-state index contributed by atoms with van der Waals surface area (Å²) in [7, 11) is 0. The van der Waals surface area contributed by atoms with E-state index >= 15 is 0 Å². The molecule has 3 aromatic rings. The first-order valence-electron chi connectivity index (χ1n) is 9.27. The Morgan fingerprint density at radius 1 is 1.00 bits per heavy atom. The van der Waals surface area contributed by atoms with Crippen molar-refractivity contribution < 1.29 is 4.79 Å². The molecule has 0 unspecified atom stereocenters. The molecule has 4 heteroatoms. The molecule has 0 spiro atoms. The van der Waals surface area contributed by atoms with Crippen LogP contribution < -0.4 is 10.5 Å². The molecule has 1 amide bonds. The Bertz CT molecular complexity index is 1060. The van der Waals surface area contributed by atoms with Crippen molar-refractivity contribution >= 4 is 22.5 Å². The number of benzene rings is 2. The van der Waals surface area contributed by atoms with Crippen molar-refractivity contribution in [3.63, 3.8) is 0 Å². The van der Waals surface area contributed by atoms with E-state index in [4.69, 9.17) is 0 Å². The van der Waals surface area contributed by atoms with Crippen molar-refractivity contribution in [3.05, 3.63) is 75.1 Å². The lowest BCUT2D eigenvalue weighted by Gasteiger charge is -2.25. The summed E-state index contributed by atoms with van der Waals surface area (Å²) in [4.78, 5) is 30.1. The van der Waals surface area contributed by atoms with Crippen LogP contribution in [0, 0.1) is 26.7 Å².